The van der Waals surface area contributed by atoms with E-state index in [1.54, 1.807) is 0 Å². The normalized spacial score (nSPS) is 20.3. The standard InChI is InChI=1S/C23H28N2/c1-17-9-8-11-20(18(17)2)16-24-22-23(13-6-3-7-14-23)15-19-10-4-5-12-21(19)25-22/h4-5,8-12H,3,6-7,13-16H2,1-2H3,(H,24,25). The molecule has 1 N–H and O–H groups in total. The van der Waals surface area contributed by atoms with Crippen molar-refractivity contribution in [3.8, 4) is 0 Å². The van der Waals surface area contributed by atoms with E-state index >= 15 is 0 Å². The Bertz CT molecular complexity index is 797. The Hall–Kier alpha value is -2.09. The molecule has 0 aromatic heterocycles. The van der Waals surface area contributed by atoms with Gasteiger partial charge in [-0.3, -0.25) is 4.99 Å². The van der Waals surface area contributed by atoms with Crippen LogP contribution < -0.4 is 5.32 Å². The molecule has 2 nitrogen and oxygen atoms in total. The first-order valence-electron chi connectivity index (χ1n) is 9.63. The summed E-state index contributed by atoms with van der Waals surface area (Å²) in [4.78, 5) is 5.14. The van der Waals surface area contributed by atoms with Crippen LogP contribution in [0.1, 0.15) is 54.4 Å². The van der Waals surface area contributed by atoms with Crippen molar-refractivity contribution in [2.24, 2.45) is 10.4 Å². The maximum Gasteiger partial charge on any atom is 0.108 e. The van der Waals surface area contributed by atoms with Crippen molar-refractivity contribution >= 4 is 11.5 Å². The summed E-state index contributed by atoms with van der Waals surface area (Å²) in [5, 5.41) is 3.71. The quantitative estimate of drug-likeness (QED) is 0.736. The van der Waals surface area contributed by atoms with Crippen LogP contribution in [0.2, 0.25) is 0 Å². The second-order valence-electron chi connectivity index (χ2n) is 7.82. The van der Waals surface area contributed by atoms with Gasteiger partial charge < -0.3 is 5.32 Å². The Labute approximate surface area is 151 Å². The minimum absolute atomic E-state index is 0.227. The van der Waals surface area contributed by atoms with Crippen LogP contribution in [0.25, 0.3) is 0 Å². The molecular weight excluding hydrogens is 304 g/mol. The molecule has 4 rings (SSSR count). The third-order valence-electron chi connectivity index (χ3n) is 6.24. The lowest BCUT2D eigenvalue weighted by Crippen LogP contribution is -2.43. The van der Waals surface area contributed by atoms with Crippen LogP contribution in [-0.4, -0.2) is 5.84 Å². The Morgan fingerprint density at radius 1 is 0.960 bits per heavy atom. The van der Waals surface area contributed by atoms with Crippen LogP contribution in [0.5, 0.6) is 0 Å². The molecule has 1 spiro atoms. The fraction of sp³-hybridized carbons (Fsp3) is 0.435. The maximum absolute atomic E-state index is 5.14. The zero-order valence-corrected chi connectivity index (χ0v) is 15.4. The van der Waals surface area contributed by atoms with Gasteiger partial charge in [-0.25, -0.2) is 0 Å². The van der Waals surface area contributed by atoms with Crippen LogP contribution in [0.3, 0.4) is 0 Å². The van der Waals surface area contributed by atoms with Crippen LogP contribution >= 0.6 is 0 Å². The van der Waals surface area contributed by atoms with Crippen LogP contribution in [0.15, 0.2) is 47.5 Å². The minimum Gasteiger partial charge on any atom is -0.343 e. The molecule has 1 aliphatic carbocycles. The van der Waals surface area contributed by atoms with Gasteiger partial charge in [-0.05, 0) is 61.4 Å². The zero-order valence-electron chi connectivity index (χ0n) is 15.4. The van der Waals surface area contributed by atoms with Gasteiger partial charge in [0.15, 0.2) is 0 Å². The number of para-hydroxylation sites is 1. The molecule has 0 bridgehead atoms. The molecule has 1 aliphatic heterocycles. The van der Waals surface area contributed by atoms with Gasteiger partial charge in [0, 0.05) is 11.1 Å². The highest BCUT2D eigenvalue weighted by molar-refractivity contribution is 6.02. The summed E-state index contributed by atoms with van der Waals surface area (Å²) in [7, 11) is 0. The van der Waals surface area contributed by atoms with Gasteiger partial charge in [-0.15, -0.1) is 0 Å². The first-order chi connectivity index (χ1) is 12.2. The molecule has 0 unspecified atom stereocenters. The third-order valence-corrected chi connectivity index (χ3v) is 6.24. The first kappa shape index (κ1) is 16.4. The number of amidine groups is 1. The lowest BCUT2D eigenvalue weighted by atomic mass is 9.67. The van der Waals surface area contributed by atoms with Crippen molar-refractivity contribution in [3.05, 3.63) is 64.7 Å². The molecule has 1 saturated carbocycles. The molecule has 0 amide bonds. The van der Waals surface area contributed by atoms with Gasteiger partial charge in [0.2, 0.25) is 0 Å². The number of aliphatic imine (C=N–C) groups is 1. The van der Waals surface area contributed by atoms with E-state index in [2.05, 4.69) is 61.6 Å². The molecule has 0 saturated heterocycles. The number of benzene rings is 2. The van der Waals surface area contributed by atoms with Crippen molar-refractivity contribution in [1.29, 1.82) is 0 Å². The largest absolute Gasteiger partial charge is 0.343 e. The molecule has 2 aromatic carbocycles. The van der Waals surface area contributed by atoms with Crippen LogP contribution in [0, 0.1) is 19.3 Å². The first-order valence-corrected chi connectivity index (χ1v) is 9.63. The van der Waals surface area contributed by atoms with Crippen molar-refractivity contribution in [3.63, 3.8) is 0 Å². The lowest BCUT2D eigenvalue weighted by molar-refractivity contribution is 0.278. The van der Waals surface area contributed by atoms with E-state index in [0.29, 0.717) is 0 Å². The van der Waals surface area contributed by atoms with Gasteiger partial charge in [0.1, 0.15) is 5.84 Å². The number of anilines is 1. The highest BCUT2D eigenvalue weighted by Crippen LogP contribution is 2.45. The van der Waals surface area contributed by atoms with Gasteiger partial charge in [0.25, 0.3) is 0 Å². The summed E-state index contributed by atoms with van der Waals surface area (Å²) in [6, 6.07) is 15.3. The van der Waals surface area contributed by atoms with E-state index in [9.17, 15) is 0 Å². The maximum atomic E-state index is 5.14. The van der Waals surface area contributed by atoms with Crippen LogP contribution in [0.4, 0.5) is 5.69 Å². The molecule has 1 fully saturated rings. The number of hydrogen-bond donors (Lipinski definition) is 1. The molecule has 2 heteroatoms. The summed E-state index contributed by atoms with van der Waals surface area (Å²) >= 11 is 0. The molecule has 0 radical (unpaired) electrons. The Kier molecular flexibility index (Phi) is 4.37. The molecule has 25 heavy (non-hydrogen) atoms. The van der Waals surface area contributed by atoms with E-state index < -0.39 is 0 Å². The summed E-state index contributed by atoms with van der Waals surface area (Å²) < 4.78 is 0. The smallest absolute Gasteiger partial charge is 0.108 e. The second kappa shape index (κ2) is 6.67. The average Bonchev–Trinajstić information content (AvgIpc) is 2.64. The molecule has 1 heterocycles. The number of nitrogens with one attached hydrogen (secondary N) is 1. The number of nitrogens with zero attached hydrogens (tertiary/aromatic N) is 1. The Morgan fingerprint density at radius 3 is 2.60 bits per heavy atom. The summed E-state index contributed by atoms with van der Waals surface area (Å²) in [5.41, 5.74) is 7.00. The van der Waals surface area contributed by atoms with Crippen LogP contribution in [-0.2, 0) is 13.0 Å². The van der Waals surface area contributed by atoms with E-state index in [1.165, 1.54) is 65.9 Å². The van der Waals surface area contributed by atoms with Gasteiger partial charge in [0.05, 0.1) is 6.54 Å². The summed E-state index contributed by atoms with van der Waals surface area (Å²) in [6.45, 7) is 5.17. The fourth-order valence-corrected chi connectivity index (χ4v) is 4.50. The lowest BCUT2D eigenvalue weighted by Gasteiger charge is -2.42. The average molecular weight is 332 g/mol. The Balaban J connectivity index is 1.68. The number of aryl methyl sites for hydroxylation is 1. The zero-order chi connectivity index (χ0) is 17.3. The fourth-order valence-electron chi connectivity index (χ4n) is 4.50. The van der Waals surface area contributed by atoms with Gasteiger partial charge in [-0.1, -0.05) is 55.7 Å². The van der Waals surface area contributed by atoms with Crippen molar-refractivity contribution < 1.29 is 0 Å². The van der Waals surface area contributed by atoms with Crippen molar-refractivity contribution in [1.82, 2.24) is 0 Å². The third kappa shape index (κ3) is 3.10. The number of fused-ring (bicyclic) bond motifs is 1. The number of rotatable bonds is 2. The van der Waals surface area contributed by atoms with E-state index in [1.807, 2.05) is 0 Å². The number of hydrogen-bond acceptors (Lipinski definition) is 1. The molecule has 130 valence electrons. The highest BCUT2D eigenvalue weighted by Gasteiger charge is 2.40. The van der Waals surface area contributed by atoms with Gasteiger partial charge in [-0.2, -0.15) is 0 Å². The van der Waals surface area contributed by atoms with E-state index in [4.69, 9.17) is 4.99 Å². The second-order valence-corrected chi connectivity index (χ2v) is 7.82. The monoisotopic (exact) mass is 332 g/mol. The molecule has 2 aliphatic rings. The SMILES string of the molecule is Cc1cccc(CN=C2Nc3ccccc3CC23CCCCC3)c1C. The summed E-state index contributed by atoms with van der Waals surface area (Å²) in [5.74, 6) is 1.23. The highest BCUT2D eigenvalue weighted by atomic mass is 15.0. The summed E-state index contributed by atoms with van der Waals surface area (Å²) in [6.07, 6.45) is 7.69. The van der Waals surface area contributed by atoms with E-state index in [-0.39, 0.29) is 5.41 Å². The predicted molar refractivity (Wildman–Crippen MR) is 106 cm³/mol. The van der Waals surface area contributed by atoms with Gasteiger partial charge >= 0.3 is 0 Å². The van der Waals surface area contributed by atoms with Crippen molar-refractivity contribution in [2.75, 3.05) is 5.32 Å². The molecular formula is C23H28N2. The topological polar surface area (TPSA) is 24.4 Å². The molecule has 0 atom stereocenters. The predicted octanol–water partition coefficient (Wildman–Crippen LogP) is 5.82. The minimum atomic E-state index is 0.227. The van der Waals surface area contributed by atoms with Crippen molar-refractivity contribution in [2.45, 2.75) is 58.9 Å². The Morgan fingerprint density at radius 2 is 1.76 bits per heavy atom. The molecule has 2 aromatic rings. The van der Waals surface area contributed by atoms with E-state index in [0.717, 1.165) is 13.0 Å².